The molecular formula is C17H30O4. The Labute approximate surface area is 128 Å². The molecule has 0 amide bonds. The van der Waals surface area contributed by atoms with Gasteiger partial charge < -0.3 is 9.84 Å². The van der Waals surface area contributed by atoms with Crippen molar-refractivity contribution in [3.63, 3.8) is 0 Å². The van der Waals surface area contributed by atoms with E-state index < -0.39 is 11.9 Å². The lowest BCUT2D eigenvalue weighted by Crippen LogP contribution is -2.02. The molecule has 21 heavy (non-hydrogen) atoms. The average Bonchev–Trinajstić information content (AvgIpc) is 2.44. The molecule has 0 aromatic carbocycles. The van der Waals surface area contributed by atoms with Gasteiger partial charge in [0.2, 0.25) is 0 Å². The van der Waals surface area contributed by atoms with Gasteiger partial charge in [-0.05, 0) is 6.42 Å². The minimum absolute atomic E-state index is 0.145. The first kappa shape index (κ1) is 19.7. The van der Waals surface area contributed by atoms with E-state index in [0.717, 1.165) is 12.8 Å². The van der Waals surface area contributed by atoms with Gasteiger partial charge in [-0.15, -0.1) is 0 Å². The summed E-state index contributed by atoms with van der Waals surface area (Å²) in [6.45, 7) is 2.65. The van der Waals surface area contributed by atoms with Gasteiger partial charge in [-0.2, -0.15) is 0 Å². The van der Waals surface area contributed by atoms with Gasteiger partial charge in [-0.3, -0.25) is 4.79 Å². The molecule has 0 atom stereocenters. The highest BCUT2D eigenvalue weighted by molar-refractivity contribution is 5.82. The van der Waals surface area contributed by atoms with Crippen molar-refractivity contribution in [1.82, 2.24) is 0 Å². The average molecular weight is 298 g/mol. The molecule has 0 aliphatic carbocycles. The fourth-order valence-corrected chi connectivity index (χ4v) is 2.07. The van der Waals surface area contributed by atoms with E-state index in [1.807, 2.05) is 0 Å². The second kappa shape index (κ2) is 15.1. The molecule has 0 rings (SSSR count). The van der Waals surface area contributed by atoms with Gasteiger partial charge in [-0.25, -0.2) is 4.79 Å². The van der Waals surface area contributed by atoms with Gasteiger partial charge in [0.05, 0.1) is 13.0 Å². The standard InChI is InChI=1S/C17H30O4/c1-2-3-4-5-6-7-8-9-10-11-15-21-17(20)14-12-13-16(18)19/h12,14H,2-11,13,15H2,1H3,(H,18,19). The van der Waals surface area contributed by atoms with Gasteiger partial charge >= 0.3 is 11.9 Å². The Hall–Kier alpha value is -1.32. The van der Waals surface area contributed by atoms with Gasteiger partial charge in [-0.1, -0.05) is 70.8 Å². The summed E-state index contributed by atoms with van der Waals surface area (Å²) in [4.78, 5) is 21.4. The van der Waals surface area contributed by atoms with Crippen molar-refractivity contribution in [2.75, 3.05) is 6.61 Å². The highest BCUT2D eigenvalue weighted by atomic mass is 16.5. The van der Waals surface area contributed by atoms with Crippen LogP contribution < -0.4 is 0 Å². The number of carbonyl (C=O) groups excluding carboxylic acids is 1. The number of unbranched alkanes of at least 4 members (excludes halogenated alkanes) is 9. The Kier molecular flexibility index (Phi) is 14.1. The molecule has 4 nitrogen and oxygen atoms in total. The normalized spacial score (nSPS) is 10.9. The SMILES string of the molecule is CCCCCCCCCCCCOC(=O)C=CCC(=O)O. The van der Waals surface area contributed by atoms with E-state index in [0.29, 0.717) is 6.61 Å². The van der Waals surface area contributed by atoms with E-state index in [2.05, 4.69) is 6.92 Å². The third-order valence-electron chi connectivity index (χ3n) is 3.29. The fraction of sp³-hybridized carbons (Fsp3) is 0.765. The number of esters is 1. The molecule has 0 saturated carbocycles. The summed E-state index contributed by atoms with van der Waals surface area (Å²) in [7, 11) is 0. The third kappa shape index (κ3) is 16.6. The van der Waals surface area contributed by atoms with Crippen LogP contribution in [0.3, 0.4) is 0 Å². The molecule has 1 N–H and O–H groups in total. The van der Waals surface area contributed by atoms with Gasteiger partial charge in [0.25, 0.3) is 0 Å². The Morgan fingerprint density at radius 2 is 1.43 bits per heavy atom. The van der Waals surface area contributed by atoms with Gasteiger partial charge in [0.1, 0.15) is 0 Å². The summed E-state index contributed by atoms with van der Waals surface area (Å²) in [5.41, 5.74) is 0. The molecule has 0 aromatic heterocycles. The van der Waals surface area contributed by atoms with Crippen LogP contribution in [-0.4, -0.2) is 23.7 Å². The second-order valence-electron chi connectivity index (χ2n) is 5.35. The Morgan fingerprint density at radius 3 is 1.95 bits per heavy atom. The molecule has 0 spiro atoms. The quantitative estimate of drug-likeness (QED) is 0.292. The minimum atomic E-state index is -0.950. The number of aliphatic carboxylic acids is 1. The largest absolute Gasteiger partial charge is 0.481 e. The van der Waals surface area contributed by atoms with Crippen LogP contribution in [0.5, 0.6) is 0 Å². The van der Waals surface area contributed by atoms with Crippen molar-refractivity contribution in [2.24, 2.45) is 0 Å². The predicted molar refractivity (Wildman–Crippen MR) is 84.2 cm³/mol. The zero-order chi connectivity index (χ0) is 15.8. The van der Waals surface area contributed by atoms with E-state index in [1.165, 1.54) is 63.5 Å². The number of carboxylic acids is 1. The van der Waals surface area contributed by atoms with Crippen LogP contribution in [0.15, 0.2) is 12.2 Å². The number of hydrogen-bond donors (Lipinski definition) is 1. The summed E-state index contributed by atoms with van der Waals surface area (Å²) in [5, 5.41) is 8.40. The molecule has 0 saturated heterocycles. The topological polar surface area (TPSA) is 63.6 Å². The lowest BCUT2D eigenvalue weighted by molar-refractivity contribution is -0.137. The summed E-state index contributed by atoms with van der Waals surface area (Å²) < 4.78 is 4.98. The first-order chi connectivity index (χ1) is 10.2. The van der Waals surface area contributed by atoms with Crippen molar-refractivity contribution >= 4 is 11.9 Å². The van der Waals surface area contributed by atoms with Crippen molar-refractivity contribution in [3.8, 4) is 0 Å². The van der Waals surface area contributed by atoms with Crippen LogP contribution in [0.4, 0.5) is 0 Å². The molecule has 0 bridgehead atoms. The number of carboxylic acid groups (broad SMARTS) is 1. The summed E-state index contributed by atoms with van der Waals surface area (Å²) in [6.07, 6.45) is 14.8. The summed E-state index contributed by atoms with van der Waals surface area (Å²) in [6, 6.07) is 0. The molecule has 0 radical (unpaired) electrons. The number of ether oxygens (including phenoxy) is 1. The summed E-state index contributed by atoms with van der Waals surface area (Å²) in [5.74, 6) is -1.40. The highest BCUT2D eigenvalue weighted by Gasteiger charge is 1.98. The molecule has 0 heterocycles. The third-order valence-corrected chi connectivity index (χ3v) is 3.29. The maximum absolute atomic E-state index is 11.2. The smallest absolute Gasteiger partial charge is 0.330 e. The lowest BCUT2D eigenvalue weighted by Gasteiger charge is -2.03. The number of carbonyl (C=O) groups is 2. The first-order valence-corrected chi connectivity index (χ1v) is 8.22. The van der Waals surface area contributed by atoms with E-state index in [9.17, 15) is 9.59 Å². The van der Waals surface area contributed by atoms with E-state index in [1.54, 1.807) is 0 Å². The van der Waals surface area contributed by atoms with E-state index >= 15 is 0 Å². The number of rotatable bonds is 14. The van der Waals surface area contributed by atoms with E-state index in [4.69, 9.17) is 9.84 Å². The van der Waals surface area contributed by atoms with E-state index in [-0.39, 0.29) is 6.42 Å². The second-order valence-corrected chi connectivity index (χ2v) is 5.35. The molecule has 4 heteroatoms. The summed E-state index contributed by atoms with van der Waals surface area (Å²) >= 11 is 0. The minimum Gasteiger partial charge on any atom is -0.481 e. The van der Waals surface area contributed by atoms with Crippen LogP contribution in [-0.2, 0) is 14.3 Å². The predicted octanol–water partition coefficient (Wildman–Crippen LogP) is 4.48. The van der Waals surface area contributed by atoms with Crippen molar-refractivity contribution < 1.29 is 19.4 Å². The highest BCUT2D eigenvalue weighted by Crippen LogP contribution is 2.10. The van der Waals surface area contributed by atoms with Crippen LogP contribution >= 0.6 is 0 Å². The van der Waals surface area contributed by atoms with Crippen LogP contribution in [0.1, 0.15) is 77.6 Å². The molecule has 122 valence electrons. The van der Waals surface area contributed by atoms with Crippen molar-refractivity contribution in [2.45, 2.75) is 77.6 Å². The maximum Gasteiger partial charge on any atom is 0.330 e. The zero-order valence-electron chi connectivity index (χ0n) is 13.3. The maximum atomic E-state index is 11.2. The molecule has 0 aliphatic rings. The lowest BCUT2D eigenvalue weighted by atomic mass is 10.1. The van der Waals surface area contributed by atoms with Crippen LogP contribution in [0.25, 0.3) is 0 Å². The first-order valence-electron chi connectivity index (χ1n) is 8.22. The fourth-order valence-electron chi connectivity index (χ4n) is 2.07. The van der Waals surface area contributed by atoms with Crippen molar-refractivity contribution in [3.05, 3.63) is 12.2 Å². The molecular weight excluding hydrogens is 268 g/mol. The van der Waals surface area contributed by atoms with Gasteiger partial charge in [0, 0.05) is 6.08 Å². The van der Waals surface area contributed by atoms with Crippen LogP contribution in [0, 0.1) is 0 Å². The molecule has 0 unspecified atom stereocenters. The Balaban J connectivity index is 3.23. The molecule has 0 aromatic rings. The Bertz CT molecular complexity index is 297. The molecule has 0 fully saturated rings. The molecule has 0 aliphatic heterocycles. The van der Waals surface area contributed by atoms with Gasteiger partial charge in [0.15, 0.2) is 0 Å². The Morgan fingerprint density at radius 1 is 0.905 bits per heavy atom. The zero-order valence-corrected chi connectivity index (χ0v) is 13.3. The van der Waals surface area contributed by atoms with Crippen LogP contribution in [0.2, 0.25) is 0 Å². The van der Waals surface area contributed by atoms with Crippen molar-refractivity contribution in [1.29, 1.82) is 0 Å². The number of hydrogen-bond acceptors (Lipinski definition) is 3. The monoisotopic (exact) mass is 298 g/mol.